The molecule has 0 N–H and O–H groups in total. The number of aryl methyl sites for hydroxylation is 1. The van der Waals surface area contributed by atoms with Gasteiger partial charge in [0.05, 0.1) is 23.9 Å². The molecule has 4 rings (SSSR count). The largest absolute Gasteiger partial charge is 0.334 e. The fourth-order valence-electron chi connectivity index (χ4n) is 4.15. The minimum atomic E-state index is -0.290. The fraction of sp³-hybridized carbons (Fsp3) is 0.409. The Bertz CT molecular complexity index is 1030. The first kappa shape index (κ1) is 19.5. The molecule has 1 aliphatic heterocycles. The highest BCUT2D eigenvalue weighted by Crippen LogP contribution is 2.34. The Balaban J connectivity index is 1.69. The van der Waals surface area contributed by atoms with Crippen LogP contribution in [0.15, 0.2) is 36.5 Å². The lowest BCUT2D eigenvalue weighted by molar-refractivity contribution is -0.131. The molecule has 1 aliphatic rings. The second kappa shape index (κ2) is 7.91. The first-order valence-corrected chi connectivity index (χ1v) is 9.95. The average Bonchev–Trinajstić information content (AvgIpc) is 3.29. The summed E-state index contributed by atoms with van der Waals surface area (Å²) >= 11 is 0. The lowest BCUT2D eigenvalue weighted by Crippen LogP contribution is -2.34. The van der Waals surface area contributed by atoms with E-state index >= 15 is 0 Å². The summed E-state index contributed by atoms with van der Waals surface area (Å²) in [4.78, 5) is 21.8. The van der Waals surface area contributed by atoms with Crippen LogP contribution >= 0.6 is 0 Å². The molecular formula is C22H26FN5O. The van der Waals surface area contributed by atoms with E-state index in [4.69, 9.17) is 0 Å². The number of hydrogen-bond donors (Lipinski definition) is 0. The Hall–Kier alpha value is -2.80. The topological polar surface area (TPSA) is 53.7 Å². The van der Waals surface area contributed by atoms with Crippen LogP contribution in [0.4, 0.5) is 4.39 Å². The maximum absolute atomic E-state index is 13.2. The van der Waals surface area contributed by atoms with E-state index in [1.54, 1.807) is 12.1 Å². The van der Waals surface area contributed by atoms with Crippen LogP contribution in [-0.4, -0.2) is 50.9 Å². The molecule has 6 nitrogen and oxygen atoms in total. The van der Waals surface area contributed by atoms with Crippen LogP contribution in [0.3, 0.4) is 0 Å². The van der Waals surface area contributed by atoms with Crippen LogP contribution < -0.4 is 0 Å². The lowest BCUT2D eigenvalue weighted by Gasteiger charge is -2.28. The minimum Gasteiger partial charge on any atom is -0.334 e. The SMILES string of the molecule is Cc1cc2ncc(CN(C)C)c([C@@H]3CCCN3C(=O)Cc3ccc(F)cc3)n2n1. The summed E-state index contributed by atoms with van der Waals surface area (Å²) in [5.41, 5.74) is 4.66. The third-order valence-corrected chi connectivity index (χ3v) is 5.37. The highest BCUT2D eigenvalue weighted by molar-refractivity contribution is 5.79. The zero-order chi connectivity index (χ0) is 20.5. The normalized spacial score (nSPS) is 16.9. The molecule has 0 radical (unpaired) electrons. The highest BCUT2D eigenvalue weighted by atomic mass is 19.1. The molecule has 29 heavy (non-hydrogen) atoms. The van der Waals surface area contributed by atoms with E-state index in [0.717, 1.165) is 54.1 Å². The molecule has 3 aromatic rings. The van der Waals surface area contributed by atoms with Gasteiger partial charge in [0.15, 0.2) is 5.65 Å². The Labute approximate surface area is 170 Å². The van der Waals surface area contributed by atoms with E-state index in [0.29, 0.717) is 0 Å². The van der Waals surface area contributed by atoms with Crippen LogP contribution in [0.5, 0.6) is 0 Å². The molecule has 0 saturated carbocycles. The highest BCUT2D eigenvalue weighted by Gasteiger charge is 2.33. The van der Waals surface area contributed by atoms with Gasteiger partial charge in [-0.05, 0) is 51.6 Å². The average molecular weight is 395 g/mol. The van der Waals surface area contributed by atoms with E-state index in [2.05, 4.69) is 15.0 Å². The molecule has 0 bridgehead atoms. The number of aromatic nitrogens is 3. The molecule has 1 saturated heterocycles. The number of fused-ring (bicyclic) bond motifs is 1. The van der Waals surface area contributed by atoms with E-state index in [1.807, 2.05) is 42.7 Å². The number of amides is 1. The number of carbonyl (C=O) groups is 1. The third kappa shape index (κ3) is 4.00. The standard InChI is InChI=1S/C22H26FN5O/c1-15-11-20-24-13-17(14-26(2)3)22(28(20)25-15)19-5-4-10-27(19)21(29)12-16-6-8-18(23)9-7-16/h6-9,11,13,19H,4-5,10,12,14H2,1-3H3/t19-/m0/s1. The molecule has 0 aliphatic carbocycles. The monoisotopic (exact) mass is 395 g/mol. The molecule has 152 valence electrons. The van der Waals surface area contributed by atoms with E-state index < -0.39 is 0 Å². The summed E-state index contributed by atoms with van der Waals surface area (Å²) in [6.07, 6.45) is 4.03. The molecular weight excluding hydrogens is 369 g/mol. The van der Waals surface area contributed by atoms with Crippen molar-refractivity contribution in [1.29, 1.82) is 0 Å². The molecule has 1 atom stereocenters. The summed E-state index contributed by atoms with van der Waals surface area (Å²) in [6, 6.07) is 8.08. The van der Waals surface area contributed by atoms with Crippen molar-refractivity contribution < 1.29 is 9.18 Å². The number of nitrogens with zero attached hydrogens (tertiary/aromatic N) is 5. The predicted octanol–water partition coefficient (Wildman–Crippen LogP) is 3.14. The van der Waals surface area contributed by atoms with E-state index in [1.165, 1.54) is 12.1 Å². The molecule has 2 aromatic heterocycles. The minimum absolute atomic E-state index is 0.0392. The van der Waals surface area contributed by atoms with Gasteiger partial charge in [0.25, 0.3) is 0 Å². The number of carbonyl (C=O) groups excluding carboxylic acids is 1. The van der Waals surface area contributed by atoms with Gasteiger partial charge in [0.2, 0.25) is 5.91 Å². The number of hydrogen-bond acceptors (Lipinski definition) is 4. The van der Waals surface area contributed by atoms with Crippen molar-refractivity contribution in [2.24, 2.45) is 0 Å². The Morgan fingerprint density at radius 1 is 1.28 bits per heavy atom. The number of benzene rings is 1. The zero-order valence-electron chi connectivity index (χ0n) is 17.1. The quantitative estimate of drug-likeness (QED) is 0.666. The second-order valence-electron chi connectivity index (χ2n) is 8.01. The van der Waals surface area contributed by atoms with Crippen LogP contribution in [0.25, 0.3) is 5.65 Å². The Morgan fingerprint density at radius 3 is 2.76 bits per heavy atom. The third-order valence-electron chi connectivity index (χ3n) is 5.37. The van der Waals surface area contributed by atoms with Crippen LogP contribution in [-0.2, 0) is 17.8 Å². The molecule has 1 amide bonds. The summed E-state index contributed by atoms with van der Waals surface area (Å²) in [7, 11) is 4.04. The van der Waals surface area contributed by atoms with Crippen LogP contribution in [0.2, 0.25) is 0 Å². The van der Waals surface area contributed by atoms with Gasteiger partial charge in [0.1, 0.15) is 5.82 Å². The molecule has 0 unspecified atom stereocenters. The smallest absolute Gasteiger partial charge is 0.227 e. The molecule has 1 fully saturated rings. The summed E-state index contributed by atoms with van der Waals surface area (Å²) in [6.45, 7) is 3.40. The maximum Gasteiger partial charge on any atom is 0.227 e. The second-order valence-corrected chi connectivity index (χ2v) is 8.01. The summed E-state index contributed by atoms with van der Waals surface area (Å²) < 4.78 is 15.1. The van der Waals surface area contributed by atoms with Crippen molar-refractivity contribution in [3.05, 3.63) is 64.9 Å². The maximum atomic E-state index is 13.2. The van der Waals surface area contributed by atoms with Crippen molar-refractivity contribution in [1.82, 2.24) is 24.4 Å². The van der Waals surface area contributed by atoms with Gasteiger partial charge in [-0.3, -0.25) is 4.79 Å². The van der Waals surface area contributed by atoms with Gasteiger partial charge in [-0.1, -0.05) is 12.1 Å². The van der Waals surface area contributed by atoms with Crippen molar-refractivity contribution in [2.45, 2.75) is 38.8 Å². The first-order valence-electron chi connectivity index (χ1n) is 9.95. The Kier molecular flexibility index (Phi) is 5.32. The lowest BCUT2D eigenvalue weighted by atomic mass is 10.0. The number of halogens is 1. The van der Waals surface area contributed by atoms with E-state index in [9.17, 15) is 9.18 Å². The van der Waals surface area contributed by atoms with Crippen molar-refractivity contribution in [3.8, 4) is 0 Å². The summed E-state index contributed by atoms with van der Waals surface area (Å²) in [5.74, 6) is -0.231. The summed E-state index contributed by atoms with van der Waals surface area (Å²) in [5, 5.41) is 4.67. The van der Waals surface area contributed by atoms with Crippen molar-refractivity contribution >= 4 is 11.6 Å². The van der Waals surface area contributed by atoms with Gasteiger partial charge in [0, 0.05) is 30.9 Å². The van der Waals surface area contributed by atoms with Gasteiger partial charge < -0.3 is 9.80 Å². The van der Waals surface area contributed by atoms with E-state index in [-0.39, 0.29) is 24.2 Å². The predicted molar refractivity (Wildman–Crippen MR) is 109 cm³/mol. The number of rotatable bonds is 5. The van der Waals surface area contributed by atoms with Crippen molar-refractivity contribution in [2.75, 3.05) is 20.6 Å². The van der Waals surface area contributed by atoms with Crippen molar-refractivity contribution in [3.63, 3.8) is 0 Å². The molecule has 3 heterocycles. The van der Waals surface area contributed by atoms with Crippen LogP contribution in [0, 0.1) is 12.7 Å². The molecule has 7 heteroatoms. The Morgan fingerprint density at radius 2 is 2.03 bits per heavy atom. The molecule has 1 aromatic carbocycles. The number of likely N-dealkylation sites (tertiary alicyclic amines) is 1. The van der Waals surface area contributed by atoms with Gasteiger partial charge in [-0.2, -0.15) is 5.10 Å². The zero-order valence-corrected chi connectivity index (χ0v) is 17.1. The first-order chi connectivity index (χ1) is 13.9. The fourth-order valence-corrected chi connectivity index (χ4v) is 4.15. The van der Waals surface area contributed by atoms with Gasteiger partial charge in [-0.15, -0.1) is 0 Å². The van der Waals surface area contributed by atoms with Gasteiger partial charge >= 0.3 is 0 Å². The van der Waals surface area contributed by atoms with Gasteiger partial charge in [-0.25, -0.2) is 13.9 Å². The molecule has 0 spiro atoms. The van der Waals surface area contributed by atoms with Crippen LogP contribution in [0.1, 0.15) is 41.4 Å².